The molecule has 0 spiro atoms. The number of anilines is 1. The van der Waals surface area contributed by atoms with E-state index in [1.165, 1.54) is 31.1 Å². The van der Waals surface area contributed by atoms with E-state index in [4.69, 9.17) is 19.7 Å². The minimum absolute atomic E-state index is 0.0804. The number of hydrogen-bond acceptors (Lipinski definition) is 8. The minimum atomic E-state index is -1.28. The molecule has 3 heterocycles. The van der Waals surface area contributed by atoms with Crippen LogP contribution in [0.3, 0.4) is 0 Å². The Labute approximate surface area is 199 Å². The van der Waals surface area contributed by atoms with Crippen LogP contribution < -0.4 is 10.6 Å². The van der Waals surface area contributed by atoms with Gasteiger partial charge in [-0.2, -0.15) is 0 Å². The number of esters is 1. The minimum Gasteiger partial charge on any atom is -0.453 e. The van der Waals surface area contributed by atoms with Crippen LogP contribution in [-0.2, 0) is 24.6 Å². The van der Waals surface area contributed by atoms with Gasteiger partial charge in [-0.05, 0) is 31.1 Å². The lowest BCUT2D eigenvalue weighted by molar-refractivity contribution is -0.157. The highest BCUT2D eigenvalue weighted by molar-refractivity contribution is 5.92. The number of aromatic nitrogens is 1. The van der Waals surface area contributed by atoms with Crippen LogP contribution in [0.1, 0.15) is 31.5 Å². The van der Waals surface area contributed by atoms with Crippen LogP contribution in [0.15, 0.2) is 35.1 Å². The largest absolute Gasteiger partial charge is 0.453 e. The van der Waals surface area contributed by atoms with Crippen molar-refractivity contribution < 1.29 is 37.2 Å². The van der Waals surface area contributed by atoms with Crippen LogP contribution in [0.5, 0.6) is 0 Å². The number of nitrogens with zero attached hydrogens (tertiary/aromatic N) is 3. The highest BCUT2D eigenvalue weighted by atomic mass is 19.1. The number of nitrogens with two attached hydrogens (primary N) is 1. The molecule has 0 saturated carbocycles. The molecule has 0 unspecified atom stereocenters. The molecule has 2 N–H and O–H groups in total. The zero-order valence-electron chi connectivity index (χ0n) is 19.1. The Morgan fingerprint density at radius 2 is 2.03 bits per heavy atom. The van der Waals surface area contributed by atoms with E-state index in [1.54, 1.807) is 6.08 Å². The fraction of sp³-hybridized carbons (Fsp3) is 0.391. The molecule has 186 valence electrons. The normalized spacial score (nSPS) is 20.9. The summed E-state index contributed by atoms with van der Waals surface area (Å²) in [5, 5.41) is 3.85. The fourth-order valence-corrected chi connectivity index (χ4v) is 4.38. The third-order valence-corrected chi connectivity index (χ3v) is 6.11. The van der Waals surface area contributed by atoms with E-state index in [9.17, 15) is 14.4 Å². The molecule has 2 atom stereocenters. The average molecular weight is 490 g/mol. The standard InChI is InChI=1S/C23H24F2N4O6/c1-13(35-14(2)30)21(31)28-6-3-15(4-7-28)20-17(24)9-16(10-18(20)25)29-22(32)33-12-23(29,11-26)19-5-8-34-27-19/h3,5,8-10,13H,4,6-7,11-12,26H2,1-2H3/t13-,23+/m0/s1. The number of halogens is 2. The van der Waals surface area contributed by atoms with Crippen molar-refractivity contribution in [1.29, 1.82) is 0 Å². The Bertz CT molecular complexity index is 1160. The Balaban J connectivity index is 1.60. The summed E-state index contributed by atoms with van der Waals surface area (Å²) in [4.78, 5) is 38.6. The van der Waals surface area contributed by atoms with E-state index < -0.39 is 41.2 Å². The molecule has 0 aliphatic carbocycles. The van der Waals surface area contributed by atoms with Gasteiger partial charge in [-0.1, -0.05) is 11.2 Å². The highest BCUT2D eigenvalue weighted by Crippen LogP contribution is 2.39. The summed E-state index contributed by atoms with van der Waals surface area (Å²) in [6.45, 7) is 2.67. The van der Waals surface area contributed by atoms with E-state index in [2.05, 4.69) is 5.16 Å². The van der Waals surface area contributed by atoms with E-state index in [1.807, 2.05) is 0 Å². The lowest BCUT2D eigenvalue weighted by Gasteiger charge is -2.33. The smallest absolute Gasteiger partial charge is 0.415 e. The topological polar surface area (TPSA) is 128 Å². The van der Waals surface area contributed by atoms with E-state index >= 15 is 8.78 Å². The lowest BCUT2D eigenvalue weighted by Crippen LogP contribution is -2.50. The molecule has 35 heavy (non-hydrogen) atoms. The number of rotatable bonds is 6. The van der Waals surface area contributed by atoms with Gasteiger partial charge in [-0.25, -0.2) is 13.6 Å². The van der Waals surface area contributed by atoms with Crippen molar-refractivity contribution in [3.05, 3.63) is 53.4 Å². The van der Waals surface area contributed by atoms with Crippen LogP contribution >= 0.6 is 0 Å². The summed E-state index contributed by atoms with van der Waals surface area (Å²) < 4.78 is 45.4. The Morgan fingerprint density at radius 3 is 2.57 bits per heavy atom. The predicted molar refractivity (Wildman–Crippen MR) is 118 cm³/mol. The van der Waals surface area contributed by atoms with Gasteiger partial charge in [0.15, 0.2) is 6.10 Å². The van der Waals surface area contributed by atoms with Gasteiger partial charge in [0.1, 0.15) is 35.7 Å². The van der Waals surface area contributed by atoms with Crippen LogP contribution in [0.4, 0.5) is 19.3 Å². The molecule has 0 bridgehead atoms. The molecule has 1 saturated heterocycles. The molecule has 0 radical (unpaired) electrons. The number of amides is 2. The predicted octanol–water partition coefficient (Wildman–Crippen LogP) is 2.33. The Kier molecular flexibility index (Phi) is 6.57. The number of carbonyl (C=O) groups is 3. The summed E-state index contributed by atoms with van der Waals surface area (Å²) >= 11 is 0. The van der Waals surface area contributed by atoms with Crippen LogP contribution in [0, 0.1) is 11.6 Å². The second kappa shape index (κ2) is 9.45. The van der Waals surface area contributed by atoms with Gasteiger partial charge in [0, 0.05) is 38.2 Å². The molecule has 1 fully saturated rings. The maximum atomic E-state index is 15.2. The molecular formula is C23H24F2N4O6. The van der Waals surface area contributed by atoms with E-state index in [0.29, 0.717) is 11.3 Å². The van der Waals surface area contributed by atoms with Gasteiger partial charge in [0.2, 0.25) is 0 Å². The summed E-state index contributed by atoms with van der Waals surface area (Å²) in [5.74, 6) is -2.74. The van der Waals surface area contributed by atoms with Gasteiger partial charge in [0.05, 0.1) is 5.69 Å². The summed E-state index contributed by atoms with van der Waals surface area (Å²) in [6, 6.07) is 3.58. The molecular weight excluding hydrogens is 466 g/mol. The number of benzene rings is 1. The number of hydrogen-bond donors (Lipinski definition) is 1. The van der Waals surface area contributed by atoms with E-state index in [-0.39, 0.29) is 43.9 Å². The van der Waals surface area contributed by atoms with Crippen molar-refractivity contribution in [3.63, 3.8) is 0 Å². The fourth-order valence-electron chi connectivity index (χ4n) is 4.38. The average Bonchev–Trinajstić information content (AvgIpc) is 3.47. The van der Waals surface area contributed by atoms with Crippen molar-refractivity contribution in [3.8, 4) is 0 Å². The SMILES string of the molecule is CC(=O)O[C@@H](C)C(=O)N1CC=C(c2c(F)cc(N3C(=O)OC[C@]3(CN)c3ccon3)cc2F)CC1. The maximum absolute atomic E-state index is 15.2. The molecule has 10 nitrogen and oxygen atoms in total. The third-order valence-electron chi connectivity index (χ3n) is 6.11. The molecule has 12 heteroatoms. The van der Waals surface area contributed by atoms with Crippen molar-refractivity contribution in [2.75, 3.05) is 31.1 Å². The van der Waals surface area contributed by atoms with Gasteiger partial charge in [0.25, 0.3) is 5.91 Å². The Morgan fingerprint density at radius 1 is 1.31 bits per heavy atom. The molecule has 2 aliphatic rings. The zero-order chi connectivity index (χ0) is 25.3. The summed E-state index contributed by atoms with van der Waals surface area (Å²) in [5.41, 5.74) is 5.00. The summed E-state index contributed by atoms with van der Waals surface area (Å²) in [7, 11) is 0. The summed E-state index contributed by atoms with van der Waals surface area (Å²) in [6.07, 6.45) is 1.26. The number of cyclic esters (lactones) is 1. The van der Waals surface area contributed by atoms with E-state index in [0.717, 1.165) is 17.0 Å². The molecule has 2 aromatic rings. The van der Waals surface area contributed by atoms with Gasteiger partial charge >= 0.3 is 12.1 Å². The molecule has 4 rings (SSSR count). The molecule has 2 aliphatic heterocycles. The van der Waals surface area contributed by atoms with Crippen LogP contribution in [0.2, 0.25) is 0 Å². The first-order valence-electron chi connectivity index (χ1n) is 10.9. The van der Waals surface area contributed by atoms with Crippen molar-refractivity contribution in [1.82, 2.24) is 10.1 Å². The van der Waals surface area contributed by atoms with Crippen LogP contribution in [-0.4, -0.2) is 60.4 Å². The molecule has 1 aromatic carbocycles. The first kappa shape index (κ1) is 24.3. The third kappa shape index (κ3) is 4.36. The zero-order valence-corrected chi connectivity index (χ0v) is 19.1. The van der Waals surface area contributed by atoms with Crippen molar-refractivity contribution in [2.24, 2.45) is 5.73 Å². The van der Waals surface area contributed by atoms with Crippen molar-refractivity contribution in [2.45, 2.75) is 31.9 Å². The van der Waals surface area contributed by atoms with Gasteiger partial charge in [-0.15, -0.1) is 0 Å². The van der Waals surface area contributed by atoms with Crippen molar-refractivity contribution >= 4 is 29.2 Å². The lowest BCUT2D eigenvalue weighted by atomic mass is 9.93. The van der Waals surface area contributed by atoms with Gasteiger partial charge < -0.3 is 24.6 Å². The maximum Gasteiger partial charge on any atom is 0.415 e. The number of ether oxygens (including phenoxy) is 2. The first-order valence-corrected chi connectivity index (χ1v) is 10.9. The quantitative estimate of drug-likeness (QED) is 0.611. The number of carbonyl (C=O) groups excluding carboxylic acids is 3. The Hall–Kier alpha value is -3.80. The van der Waals surface area contributed by atoms with Crippen LogP contribution in [0.25, 0.3) is 5.57 Å². The second-order valence-corrected chi connectivity index (χ2v) is 8.31. The van der Waals surface area contributed by atoms with Gasteiger partial charge in [-0.3, -0.25) is 14.5 Å². The monoisotopic (exact) mass is 490 g/mol. The molecule has 1 aromatic heterocycles. The first-order chi connectivity index (χ1) is 16.7. The highest BCUT2D eigenvalue weighted by Gasteiger charge is 2.51. The molecule has 2 amide bonds. The second-order valence-electron chi connectivity index (χ2n) is 8.31.